The maximum atomic E-state index is 13.2. The second-order valence-corrected chi connectivity index (χ2v) is 6.05. The minimum absolute atomic E-state index is 0.00459. The summed E-state index contributed by atoms with van der Waals surface area (Å²) in [6.07, 6.45) is 0.948. The summed E-state index contributed by atoms with van der Waals surface area (Å²) in [5, 5.41) is 3.40. The number of fused-ring (bicyclic) bond motifs is 1. The van der Waals surface area contributed by atoms with Crippen molar-refractivity contribution in [2.24, 2.45) is 11.8 Å². The van der Waals surface area contributed by atoms with Crippen LogP contribution in [0.2, 0.25) is 5.02 Å². The first-order chi connectivity index (χ1) is 9.61. The van der Waals surface area contributed by atoms with Gasteiger partial charge in [-0.15, -0.1) is 0 Å². The molecule has 3 rings (SSSR count). The van der Waals surface area contributed by atoms with E-state index in [4.69, 9.17) is 11.6 Å². The lowest BCUT2D eigenvalue weighted by molar-refractivity contribution is 0.0711. The number of nitrogens with one attached hydrogen (secondary N) is 1. The Balaban J connectivity index is 1.84. The molecule has 1 aromatic carbocycles. The van der Waals surface area contributed by atoms with Crippen LogP contribution in [-0.2, 0) is 0 Å². The van der Waals surface area contributed by atoms with Gasteiger partial charge in [-0.05, 0) is 36.5 Å². The van der Waals surface area contributed by atoms with Gasteiger partial charge >= 0.3 is 0 Å². The van der Waals surface area contributed by atoms with E-state index < -0.39 is 5.82 Å². The summed E-state index contributed by atoms with van der Waals surface area (Å²) < 4.78 is 13.2. The van der Waals surface area contributed by atoms with Crippen LogP contribution in [0.15, 0.2) is 18.2 Å². The van der Waals surface area contributed by atoms with Crippen molar-refractivity contribution in [2.45, 2.75) is 19.4 Å². The van der Waals surface area contributed by atoms with E-state index in [0.717, 1.165) is 26.1 Å². The SMILES string of the molecule is CCC1C2CNCC2CN1C(=O)c1ccc(F)c(Cl)c1. The van der Waals surface area contributed by atoms with Crippen molar-refractivity contribution in [2.75, 3.05) is 19.6 Å². The Kier molecular flexibility index (Phi) is 3.69. The molecule has 20 heavy (non-hydrogen) atoms. The fourth-order valence-corrected chi connectivity index (χ4v) is 3.75. The summed E-state index contributed by atoms with van der Waals surface area (Å²) >= 11 is 5.77. The van der Waals surface area contributed by atoms with Crippen LogP contribution >= 0.6 is 11.6 Å². The monoisotopic (exact) mass is 296 g/mol. The summed E-state index contributed by atoms with van der Waals surface area (Å²) in [4.78, 5) is 14.6. The standard InChI is InChI=1S/C15H18ClFN2O/c1-2-14-11-7-18-6-10(11)8-19(14)15(20)9-3-4-13(17)12(16)5-9/h3-5,10-11,14,18H,2,6-8H2,1H3. The van der Waals surface area contributed by atoms with Gasteiger partial charge in [0.15, 0.2) is 0 Å². The molecule has 108 valence electrons. The average molecular weight is 297 g/mol. The van der Waals surface area contributed by atoms with Crippen LogP contribution in [0.3, 0.4) is 0 Å². The first kappa shape index (κ1) is 13.8. The normalized spacial score (nSPS) is 28.8. The summed E-state index contributed by atoms with van der Waals surface area (Å²) in [5.74, 6) is 0.561. The second-order valence-electron chi connectivity index (χ2n) is 5.64. The van der Waals surface area contributed by atoms with Crippen LogP contribution < -0.4 is 5.32 Å². The minimum Gasteiger partial charge on any atom is -0.335 e. The molecule has 3 atom stereocenters. The maximum Gasteiger partial charge on any atom is 0.254 e. The Morgan fingerprint density at radius 3 is 3.00 bits per heavy atom. The molecule has 1 amide bonds. The largest absolute Gasteiger partial charge is 0.335 e. The molecule has 0 saturated carbocycles. The van der Waals surface area contributed by atoms with Gasteiger partial charge in [-0.1, -0.05) is 18.5 Å². The van der Waals surface area contributed by atoms with Crippen LogP contribution in [0, 0.1) is 17.7 Å². The summed E-state index contributed by atoms with van der Waals surface area (Å²) in [6.45, 7) is 4.86. The van der Waals surface area contributed by atoms with Gasteiger partial charge in [0.05, 0.1) is 5.02 Å². The van der Waals surface area contributed by atoms with Gasteiger partial charge in [0, 0.05) is 31.2 Å². The maximum absolute atomic E-state index is 13.2. The lowest BCUT2D eigenvalue weighted by Crippen LogP contribution is -2.39. The second kappa shape index (κ2) is 5.34. The van der Waals surface area contributed by atoms with E-state index in [1.165, 1.54) is 18.2 Å². The highest BCUT2D eigenvalue weighted by atomic mass is 35.5. The highest BCUT2D eigenvalue weighted by molar-refractivity contribution is 6.31. The van der Waals surface area contributed by atoms with Crippen molar-refractivity contribution in [3.63, 3.8) is 0 Å². The molecule has 3 unspecified atom stereocenters. The molecular weight excluding hydrogens is 279 g/mol. The third kappa shape index (κ3) is 2.21. The van der Waals surface area contributed by atoms with Gasteiger partial charge in [0.1, 0.15) is 5.82 Å². The molecule has 0 radical (unpaired) electrons. The Hall–Kier alpha value is -1.13. The Morgan fingerprint density at radius 1 is 1.50 bits per heavy atom. The summed E-state index contributed by atoms with van der Waals surface area (Å²) in [6, 6.07) is 4.47. The van der Waals surface area contributed by atoms with Gasteiger partial charge < -0.3 is 10.2 Å². The Morgan fingerprint density at radius 2 is 2.30 bits per heavy atom. The molecule has 2 aliphatic rings. The van der Waals surface area contributed by atoms with Crippen molar-refractivity contribution < 1.29 is 9.18 Å². The number of carbonyl (C=O) groups is 1. The molecule has 0 bridgehead atoms. The molecule has 5 heteroatoms. The van der Waals surface area contributed by atoms with Gasteiger partial charge in [0.25, 0.3) is 5.91 Å². The van der Waals surface area contributed by atoms with Gasteiger partial charge in [-0.2, -0.15) is 0 Å². The van der Waals surface area contributed by atoms with Crippen LogP contribution in [0.5, 0.6) is 0 Å². The van der Waals surface area contributed by atoms with Crippen molar-refractivity contribution in [3.05, 3.63) is 34.6 Å². The highest BCUT2D eigenvalue weighted by Gasteiger charge is 2.45. The van der Waals surface area contributed by atoms with Gasteiger partial charge in [-0.25, -0.2) is 4.39 Å². The quantitative estimate of drug-likeness (QED) is 0.910. The van der Waals surface area contributed by atoms with E-state index in [-0.39, 0.29) is 17.0 Å². The van der Waals surface area contributed by atoms with E-state index in [0.29, 0.717) is 17.4 Å². The molecule has 2 fully saturated rings. The van der Waals surface area contributed by atoms with Gasteiger partial charge in [-0.3, -0.25) is 4.79 Å². The fourth-order valence-electron chi connectivity index (χ4n) is 3.57. The van der Waals surface area contributed by atoms with E-state index in [1.807, 2.05) is 4.90 Å². The molecule has 2 aliphatic heterocycles. The predicted octanol–water partition coefficient (Wildman–Crippen LogP) is 2.55. The summed E-state index contributed by atoms with van der Waals surface area (Å²) in [5.41, 5.74) is 0.475. The van der Waals surface area contributed by atoms with Crippen molar-refractivity contribution >= 4 is 17.5 Å². The topological polar surface area (TPSA) is 32.3 Å². The molecule has 2 saturated heterocycles. The van der Waals surface area contributed by atoms with Gasteiger partial charge in [0.2, 0.25) is 0 Å². The number of amides is 1. The van der Waals surface area contributed by atoms with Crippen LogP contribution in [0.1, 0.15) is 23.7 Å². The zero-order valence-corrected chi connectivity index (χ0v) is 12.2. The fraction of sp³-hybridized carbons (Fsp3) is 0.533. The molecule has 1 N–H and O–H groups in total. The number of hydrogen-bond donors (Lipinski definition) is 1. The predicted molar refractivity (Wildman–Crippen MR) is 76.4 cm³/mol. The third-order valence-corrected chi connectivity index (χ3v) is 4.85. The molecule has 0 spiro atoms. The van der Waals surface area contributed by atoms with Crippen LogP contribution in [0.25, 0.3) is 0 Å². The van der Waals surface area contributed by atoms with Crippen LogP contribution in [-0.4, -0.2) is 36.5 Å². The van der Waals surface area contributed by atoms with E-state index in [2.05, 4.69) is 12.2 Å². The first-order valence-electron chi connectivity index (χ1n) is 7.08. The van der Waals surface area contributed by atoms with Crippen molar-refractivity contribution in [1.82, 2.24) is 10.2 Å². The average Bonchev–Trinajstić information content (AvgIpc) is 3.01. The zero-order chi connectivity index (χ0) is 14.3. The number of rotatable bonds is 2. The van der Waals surface area contributed by atoms with Crippen LogP contribution in [0.4, 0.5) is 4.39 Å². The molecule has 1 aromatic rings. The van der Waals surface area contributed by atoms with E-state index in [9.17, 15) is 9.18 Å². The number of likely N-dealkylation sites (tertiary alicyclic amines) is 1. The zero-order valence-electron chi connectivity index (χ0n) is 11.4. The number of benzene rings is 1. The first-order valence-corrected chi connectivity index (χ1v) is 7.46. The smallest absolute Gasteiger partial charge is 0.254 e. The number of hydrogen-bond acceptors (Lipinski definition) is 2. The lowest BCUT2D eigenvalue weighted by Gasteiger charge is -2.27. The Bertz CT molecular complexity index is 537. The molecule has 3 nitrogen and oxygen atoms in total. The minimum atomic E-state index is -0.488. The molecule has 2 heterocycles. The van der Waals surface area contributed by atoms with E-state index in [1.54, 1.807) is 0 Å². The highest BCUT2D eigenvalue weighted by Crippen LogP contribution is 2.35. The number of nitrogens with zero attached hydrogens (tertiary/aromatic N) is 1. The summed E-state index contributed by atoms with van der Waals surface area (Å²) in [7, 11) is 0. The van der Waals surface area contributed by atoms with E-state index >= 15 is 0 Å². The Labute approximate surface area is 123 Å². The lowest BCUT2D eigenvalue weighted by atomic mass is 9.93. The van der Waals surface area contributed by atoms with Crippen molar-refractivity contribution in [1.29, 1.82) is 0 Å². The van der Waals surface area contributed by atoms with Crippen molar-refractivity contribution in [3.8, 4) is 0 Å². The third-order valence-electron chi connectivity index (χ3n) is 4.56. The number of halogens is 2. The molecular formula is C15H18ClFN2O. The number of carbonyl (C=O) groups excluding carboxylic acids is 1. The molecule has 0 aliphatic carbocycles. The molecule has 0 aromatic heterocycles.